The molecule has 2 amide bonds. The Kier molecular flexibility index (Phi) is 4.29. The molecule has 108 valence electrons. The summed E-state index contributed by atoms with van der Waals surface area (Å²) in [6, 6.07) is -0.628. The highest BCUT2D eigenvalue weighted by Gasteiger charge is 2.41. The Morgan fingerprint density at radius 1 is 1.42 bits per heavy atom. The van der Waals surface area contributed by atoms with Crippen LogP contribution in [0.25, 0.3) is 0 Å². The second-order valence-corrected chi connectivity index (χ2v) is 5.67. The van der Waals surface area contributed by atoms with Crippen LogP contribution >= 0.6 is 11.8 Å². The summed E-state index contributed by atoms with van der Waals surface area (Å²) < 4.78 is 31.6. The minimum absolute atomic E-state index is 0.0985. The van der Waals surface area contributed by atoms with Crippen molar-refractivity contribution in [1.82, 2.24) is 9.80 Å². The van der Waals surface area contributed by atoms with Gasteiger partial charge in [-0.3, -0.25) is 9.59 Å². The van der Waals surface area contributed by atoms with Gasteiger partial charge in [-0.25, -0.2) is 8.78 Å². The first kappa shape index (κ1) is 14.5. The lowest BCUT2D eigenvalue weighted by molar-refractivity contribution is -0.145. The molecule has 2 fully saturated rings. The third kappa shape index (κ3) is 3.36. The summed E-state index contributed by atoms with van der Waals surface area (Å²) in [5, 5.41) is 0. The zero-order valence-corrected chi connectivity index (χ0v) is 11.4. The van der Waals surface area contributed by atoms with Gasteiger partial charge in [0.05, 0.1) is 19.0 Å². The number of rotatable bonds is 1. The van der Waals surface area contributed by atoms with E-state index in [9.17, 15) is 18.4 Å². The first-order chi connectivity index (χ1) is 8.91. The van der Waals surface area contributed by atoms with Crippen molar-refractivity contribution in [3.05, 3.63) is 0 Å². The van der Waals surface area contributed by atoms with Crippen molar-refractivity contribution in [2.45, 2.75) is 18.9 Å². The topological polar surface area (TPSA) is 49.9 Å². The lowest BCUT2D eigenvalue weighted by atomic mass is 10.2. The largest absolute Gasteiger partial charge is 0.373 e. The summed E-state index contributed by atoms with van der Waals surface area (Å²) >= 11 is 1.45. The van der Waals surface area contributed by atoms with Gasteiger partial charge < -0.3 is 14.5 Å². The molecular formula is C11H16F2N2O3S. The average molecular weight is 294 g/mol. The van der Waals surface area contributed by atoms with Crippen LogP contribution < -0.4 is 0 Å². The minimum Gasteiger partial charge on any atom is -0.373 e. The smallest absolute Gasteiger partial charge is 0.288 e. The highest BCUT2D eigenvalue weighted by atomic mass is 32.2. The van der Waals surface area contributed by atoms with Crippen molar-refractivity contribution in [2.75, 3.05) is 37.9 Å². The maximum Gasteiger partial charge on any atom is 0.288 e. The monoisotopic (exact) mass is 294 g/mol. The molecule has 1 atom stereocenters. The van der Waals surface area contributed by atoms with Gasteiger partial charge in [0.1, 0.15) is 12.6 Å². The van der Waals surface area contributed by atoms with Crippen molar-refractivity contribution in [3.8, 4) is 0 Å². The van der Waals surface area contributed by atoms with Crippen molar-refractivity contribution >= 4 is 23.6 Å². The van der Waals surface area contributed by atoms with Gasteiger partial charge in [-0.2, -0.15) is 0 Å². The van der Waals surface area contributed by atoms with Crippen molar-refractivity contribution in [2.24, 2.45) is 0 Å². The lowest BCUT2D eigenvalue weighted by Crippen LogP contribution is -2.51. The molecule has 2 aliphatic heterocycles. The molecule has 2 saturated heterocycles. The van der Waals surface area contributed by atoms with E-state index in [1.54, 1.807) is 0 Å². The van der Waals surface area contributed by atoms with Crippen LogP contribution in [0.15, 0.2) is 0 Å². The van der Waals surface area contributed by atoms with Crippen molar-refractivity contribution in [1.29, 1.82) is 0 Å². The highest BCUT2D eigenvalue weighted by Crippen LogP contribution is 2.25. The Bertz CT molecular complexity index is 381. The fourth-order valence-corrected chi connectivity index (χ4v) is 3.37. The van der Waals surface area contributed by atoms with E-state index >= 15 is 0 Å². The number of hydrogen-bond donors (Lipinski definition) is 0. The van der Waals surface area contributed by atoms with Gasteiger partial charge in [0.15, 0.2) is 0 Å². The molecule has 0 saturated carbocycles. The molecule has 2 aliphatic rings. The lowest BCUT2D eigenvalue weighted by Gasteiger charge is -2.29. The van der Waals surface area contributed by atoms with Gasteiger partial charge in [0.25, 0.3) is 5.92 Å². The molecule has 0 N–H and O–H groups in total. The van der Waals surface area contributed by atoms with Crippen LogP contribution in [-0.2, 0) is 14.3 Å². The molecule has 0 bridgehead atoms. The second-order valence-electron chi connectivity index (χ2n) is 4.67. The van der Waals surface area contributed by atoms with E-state index in [1.165, 1.54) is 23.6 Å². The number of alkyl halides is 2. The fraction of sp³-hybridized carbons (Fsp3) is 0.818. The number of hydrogen-bond acceptors (Lipinski definition) is 4. The number of nitrogens with zero attached hydrogens (tertiary/aromatic N) is 2. The van der Waals surface area contributed by atoms with Crippen LogP contribution in [0.1, 0.15) is 6.92 Å². The molecule has 0 aromatic carbocycles. The first-order valence-corrected chi connectivity index (χ1v) is 7.15. The van der Waals surface area contributed by atoms with E-state index < -0.39 is 31.0 Å². The summed E-state index contributed by atoms with van der Waals surface area (Å²) in [6.07, 6.45) is 0. The molecule has 0 aromatic heterocycles. The third-order valence-corrected chi connectivity index (χ3v) is 4.14. The van der Waals surface area contributed by atoms with Crippen LogP contribution in [0, 0.1) is 0 Å². The zero-order valence-electron chi connectivity index (χ0n) is 10.6. The third-order valence-electron chi connectivity index (χ3n) is 3.12. The molecule has 0 aliphatic carbocycles. The van der Waals surface area contributed by atoms with E-state index in [0.29, 0.717) is 11.6 Å². The van der Waals surface area contributed by atoms with Crippen LogP contribution in [0.2, 0.25) is 0 Å². The van der Waals surface area contributed by atoms with Gasteiger partial charge in [-0.05, 0) is 0 Å². The summed E-state index contributed by atoms with van der Waals surface area (Å²) in [5.41, 5.74) is 0. The maximum atomic E-state index is 13.4. The normalized spacial score (nSPS) is 27.2. The van der Waals surface area contributed by atoms with E-state index in [1.807, 2.05) is 0 Å². The molecular weight excluding hydrogens is 278 g/mol. The summed E-state index contributed by atoms with van der Waals surface area (Å²) in [4.78, 5) is 26.2. The number of halogens is 2. The SMILES string of the molecule is CC(=O)N1CSC[C@H]1C(=O)N1CCOCC(F)(F)C1. The highest BCUT2D eigenvalue weighted by molar-refractivity contribution is 7.99. The summed E-state index contributed by atoms with van der Waals surface area (Å²) in [5.74, 6) is -2.75. The van der Waals surface area contributed by atoms with Gasteiger partial charge in [-0.15, -0.1) is 11.8 Å². The van der Waals surface area contributed by atoms with Crippen LogP contribution in [0.4, 0.5) is 8.78 Å². The Balaban J connectivity index is 2.07. The Morgan fingerprint density at radius 2 is 2.16 bits per heavy atom. The van der Waals surface area contributed by atoms with Gasteiger partial charge in [0.2, 0.25) is 11.8 Å². The number of carbonyl (C=O) groups excluding carboxylic acids is 2. The molecule has 0 unspecified atom stereocenters. The molecule has 5 nitrogen and oxygen atoms in total. The van der Waals surface area contributed by atoms with Crippen molar-refractivity contribution < 1.29 is 23.1 Å². The average Bonchev–Trinajstić information content (AvgIpc) is 2.74. The van der Waals surface area contributed by atoms with Crippen molar-refractivity contribution in [3.63, 3.8) is 0 Å². The fourth-order valence-electron chi connectivity index (χ4n) is 2.16. The number of carbonyl (C=O) groups is 2. The predicted octanol–water partition coefficient (Wildman–Crippen LogP) is 0.402. The Morgan fingerprint density at radius 3 is 2.84 bits per heavy atom. The van der Waals surface area contributed by atoms with Gasteiger partial charge in [-0.1, -0.05) is 0 Å². The Hall–Kier alpha value is -0.890. The second kappa shape index (κ2) is 5.62. The standard InChI is InChI=1S/C11H16F2N2O3S/c1-8(16)15-7-19-4-9(15)10(17)14-2-3-18-6-11(12,13)5-14/h9H,2-7H2,1H3/t9-/m0/s1. The van der Waals surface area contributed by atoms with Gasteiger partial charge in [0, 0.05) is 19.2 Å². The molecule has 2 rings (SSSR count). The predicted molar refractivity (Wildman–Crippen MR) is 66.0 cm³/mol. The number of ether oxygens (including phenoxy) is 1. The van der Waals surface area contributed by atoms with E-state index in [0.717, 1.165) is 4.90 Å². The zero-order chi connectivity index (χ0) is 14.0. The van der Waals surface area contributed by atoms with Gasteiger partial charge >= 0.3 is 0 Å². The number of amides is 2. The maximum absolute atomic E-state index is 13.4. The van der Waals surface area contributed by atoms with Crippen LogP contribution in [0.5, 0.6) is 0 Å². The van der Waals surface area contributed by atoms with Crippen LogP contribution in [0.3, 0.4) is 0 Å². The van der Waals surface area contributed by atoms with Crippen LogP contribution in [-0.4, -0.2) is 71.5 Å². The number of thioether (sulfide) groups is 1. The molecule has 2 heterocycles. The summed E-state index contributed by atoms with van der Waals surface area (Å²) in [7, 11) is 0. The van der Waals surface area contributed by atoms with E-state index in [-0.39, 0.29) is 19.1 Å². The van der Waals surface area contributed by atoms with E-state index in [2.05, 4.69) is 0 Å². The summed E-state index contributed by atoms with van der Waals surface area (Å²) in [6.45, 7) is 0.320. The molecule has 0 spiro atoms. The molecule has 19 heavy (non-hydrogen) atoms. The minimum atomic E-state index is -3.03. The molecule has 0 aromatic rings. The quantitative estimate of drug-likeness (QED) is 0.702. The molecule has 8 heteroatoms. The Labute approximate surface area is 114 Å². The molecule has 0 radical (unpaired) electrons. The first-order valence-electron chi connectivity index (χ1n) is 6.00. The van der Waals surface area contributed by atoms with E-state index in [4.69, 9.17) is 4.74 Å².